The molecular formula is C24H32N4O3. The van der Waals surface area contributed by atoms with Gasteiger partial charge in [-0.1, -0.05) is 30.3 Å². The summed E-state index contributed by atoms with van der Waals surface area (Å²) in [5.74, 6) is 1.32. The van der Waals surface area contributed by atoms with Gasteiger partial charge in [-0.2, -0.15) is 0 Å². The number of urea groups is 1. The number of carbonyl (C=O) groups excluding carboxylic acids is 2. The summed E-state index contributed by atoms with van der Waals surface area (Å²) in [5.41, 5.74) is 0.381. The molecule has 1 saturated heterocycles. The van der Waals surface area contributed by atoms with Crippen molar-refractivity contribution in [2.75, 3.05) is 38.0 Å². The van der Waals surface area contributed by atoms with Gasteiger partial charge < -0.3 is 20.3 Å². The molecule has 0 saturated carbocycles. The topological polar surface area (TPSA) is 73.9 Å². The molecule has 1 aliphatic rings. The Morgan fingerprint density at radius 3 is 2.39 bits per heavy atom. The number of hydrogen-bond acceptors (Lipinski definition) is 4. The molecule has 3 amide bonds. The normalized spacial score (nSPS) is 15.1. The van der Waals surface area contributed by atoms with E-state index in [0.29, 0.717) is 43.4 Å². The van der Waals surface area contributed by atoms with E-state index < -0.39 is 0 Å². The SMILES string of the molecule is CC(C)(C)NC(=O)CN1CCCN(C(=O)Nc2ccccc2Oc2ccccc2)CC1. The molecule has 166 valence electrons. The van der Waals surface area contributed by atoms with Gasteiger partial charge in [0.05, 0.1) is 12.2 Å². The standard InChI is InChI=1S/C24H32N4O3/c1-24(2,3)26-22(29)18-27-14-9-15-28(17-16-27)23(30)25-20-12-7-8-13-21(20)31-19-10-5-4-6-11-19/h4-8,10-13H,9,14-18H2,1-3H3,(H,25,30)(H,26,29). The first-order chi connectivity index (χ1) is 14.8. The third-order valence-corrected chi connectivity index (χ3v) is 4.86. The van der Waals surface area contributed by atoms with Crippen LogP contribution in [0.4, 0.5) is 10.5 Å². The summed E-state index contributed by atoms with van der Waals surface area (Å²) in [6, 6.07) is 16.7. The number of ether oxygens (including phenoxy) is 1. The van der Waals surface area contributed by atoms with Gasteiger partial charge in [-0.15, -0.1) is 0 Å². The average Bonchev–Trinajstić information content (AvgIpc) is 2.94. The highest BCUT2D eigenvalue weighted by Crippen LogP contribution is 2.29. The number of benzene rings is 2. The fraction of sp³-hybridized carbons (Fsp3) is 0.417. The van der Waals surface area contributed by atoms with Gasteiger partial charge in [-0.05, 0) is 51.5 Å². The molecule has 3 rings (SSSR count). The summed E-state index contributed by atoms with van der Waals surface area (Å²) >= 11 is 0. The number of para-hydroxylation sites is 3. The van der Waals surface area contributed by atoms with Crippen molar-refractivity contribution >= 4 is 17.6 Å². The quantitative estimate of drug-likeness (QED) is 0.763. The summed E-state index contributed by atoms with van der Waals surface area (Å²) in [5, 5.41) is 5.97. The predicted octanol–water partition coefficient (Wildman–Crippen LogP) is 3.93. The second kappa shape index (κ2) is 10.3. The van der Waals surface area contributed by atoms with Crippen molar-refractivity contribution in [3.05, 3.63) is 54.6 Å². The summed E-state index contributed by atoms with van der Waals surface area (Å²) in [4.78, 5) is 29.0. The van der Waals surface area contributed by atoms with E-state index >= 15 is 0 Å². The van der Waals surface area contributed by atoms with Crippen LogP contribution in [0.2, 0.25) is 0 Å². The van der Waals surface area contributed by atoms with Gasteiger partial charge in [0.15, 0.2) is 5.75 Å². The molecule has 1 fully saturated rings. The first-order valence-corrected chi connectivity index (χ1v) is 10.7. The molecule has 0 bridgehead atoms. The van der Waals surface area contributed by atoms with Gasteiger partial charge in [0.25, 0.3) is 0 Å². The minimum atomic E-state index is -0.246. The van der Waals surface area contributed by atoms with Crippen molar-refractivity contribution in [1.29, 1.82) is 0 Å². The van der Waals surface area contributed by atoms with E-state index in [2.05, 4.69) is 15.5 Å². The van der Waals surface area contributed by atoms with Gasteiger partial charge in [0.2, 0.25) is 5.91 Å². The Hall–Kier alpha value is -3.06. The Bertz CT molecular complexity index is 880. The smallest absolute Gasteiger partial charge is 0.321 e. The van der Waals surface area contributed by atoms with Crippen molar-refractivity contribution in [3.8, 4) is 11.5 Å². The van der Waals surface area contributed by atoms with Crippen LogP contribution in [0.25, 0.3) is 0 Å². The lowest BCUT2D eigenvalue weighted by Crippen LogP contribution is -2.46. The molecule has 2 N–H and O–H groups in total. The van der Waals surface area contributed by atoms with Crippen LogP contribution in [0.15, 0.2) is 54.6 Å². The van der Waals surface area contributed by atoms with Crippen molar-refractivity contribution in [2.45, 2.75) is 32.7 Å². The third kappa shape index (κ3) is 7.29. The first kappa shape index (κ1) is 22.6. The molecule has 0 aliphatic carbocycles. The number of rotatable bonds is 5. The predicted molar refractivity (Wildman–Crippen MR) is 123 cm³/mol. The van der Waals surface area contributed by atoms with Crippen LogP contribution >= 0.6 is 0 Å². The van der Waals surface area contributed by atoms with Crippen LogP contribution in [0.3, 0.4) is 0 Å². The minimum absolute atomic E-state index is 0.0115. The molecule has 2 aromatic rings. The molecular weight excluding hydrogens is 392 g/mol. The van der Waals surface area contributed by atoms with Crippen LogP contribution in [-0.2, 0) is 4.79 Å². The third-order valence-electron chi connectivity index (χ3n) is 4.86. The Labute approximate surface area is 184 Å². The van der Waals surface area contributed by atoms with E-state index in [0.717, 1.165) is 13.0 Å². The number of carbonyl (C=O) groups is 2. The molecule has 7 nitrogen and oxygen atoms in total. The van der Waals surface area contributed by atoms with E-state index in [9.17, 15) is 9.59 Å². The van der Waals surface area contributed by atoms with Crippen LogP contribution in [-0.4, -0.2) is 60.0 Å². The monoisotopic (exact) mass is 424 g/mol. The summed E-state index contributed by atoms with van der Waals surface area (Å²) in [6.45, 7) is 8.92. The van der Waals surface area contributed by atoms with E-state index in [1.54, 1.807) is 4.90 Å². The van der Waals surface area contributed by atoms with Crippen molar-refractivity contribution in [2.24, 2.45) is 0 Å². The van der Waals surface area contributed by atoms with Gasteiger partial charge in [-0.25, -0.2) is 4.79 Å². The molecule has 1 aliphatic heterocycles. The molecule has 0 radical (unpaired) electrons. The van der Waals surface area contributed by atoms with Gasteiger partial charge in [0.1, 0.15) is 5.75 Å². The van der Waals surface area contributed by atoms with Gasteiger partial charge >= 0.3 is 6.03 Å². The van der Waals surface area contributed by atoms with Crippen molar-refractivity contribution in [1.82, 2.24) is 15.1 Å². The Morgan fingerprint density at radius 2 is 1.65 bits per heavy atom. The van der Waals surface area contributed by atoms with E-state index in [-0.39, 0.29) is 17.5 Å². The molecule has 0 spiro atoms. The molecule has 0 unspecified atom stereocenters. The number of amides is 3. The van der Waals surface area contributed by atoms with Crippen LogP contribution in [0.1, 0.15) is 27.2 Å². The lowest BCUT2D eigenvalue weighted by atomic mass is 10.1. The maximum atomic E-state index is 12.9. The molecule has 1 heterocycles. The van der Waals surface area contributed by atoms with Crippen LogP contribution in [0, 0.1) is 0 Å². The molecule has 0 atom stereocenters. The number of hydrogen-bond donors (Lipinski definition) is 2. The van der Waals surface area contributed by atoms with Crippen molar-refractivity contribution < 1.29 is 14.3 Å². The van der Waals surface area contributed by atoms with Gasteiger partial charge in [-0.3, -0.25) is 9.69 Å². The molecule has 0 aromatic heterocycles. The van der Waals surface area contributed by atoms with Crippen LogP contribution < -0.4 is 15.4 Å². The Morgan fingerprint density at radius 1 is 0.935 bits per heavy atom. The summed E-state index contributed by atoms with van der Waals surface area (Å²) in [7, 11) is 0. The first-order valence-electron chi connectivity index (χ1n) is 10.7. The zero-order valence-electron chi connectivity index (χ0n) is 18.6. The Kier molecular flexibility index (Phi) is 7.52. The molecule has 7 heteroatoms. The summed E-state index contributed by atoms with van der Waals surface area (Å²) in [6.07, 6.45) is 0.818. The lowest BCUT2D eigenvalue weighted by Gasteiger charge is -2.25. The number of nitrogens with one attached hydrogen (secondary N) is 2. The second-order valence-electron chi connectivity index (χ2n) is 8.76. The molecule has 31 heavy (non-hydrogen) atoms. The number of anilines is 1. The Balaban J connectivity index is 1.56. The number of nitrogens with zero attached hydrogens (tertiary/aromatic N) is 2. The average molecular weight is 425 g/mol. The van der Waals surface area contributed by atoms with Crippen LogP contribution in [0.5, 0.6) is 11.5 Å². The fourth-order valence-electron chi connectivity index (χ4n) is 3.46. The van der Waals surface area contributed by atoms with E-state index in [1.807, 2.05) is 75.4 Å². The second-order valence-corrected chi connectivity index (χ2v) is 8.76. The van der Waals surface area contributed by atoms with E-state index in [1.165, 1.54) is 0 Å². The highest BCUT2D eigenvalue weighted by Gasteiger charge is 2.22. The maximum Gasteiger partial charge on any atom is 0.321 e. The van der Waals surface area contributed by atoms with Crippen molar-refractivity contribution in [3.63, 3.8) is 0 Å². The fourth-order valence-corrected chi connectivity index (χ4v) is 3.46. The summed E-state index contributed by atoms with van der Waals surface area (Å²) < 4.78 is 5.94. The van der Waals surface area contributed by atoms with E-state index in [4.69, 9.17) is 4.74 Å². The molecule has 2 aromatic carbocycles. The largest absolute Gasteiger partial charge is 0.455 e. The zero-order chi connectivity index (χ0) is 22.3. The lowest BCUT2D eigenvalue weighted by molar-refractivity contribution is -0.123. The van der Waals surface area contributed by atoms with Gasteiger partial charge in [0, 0.05) is 31.7 Å². The highest BCUT2D eigenvalue weighted by atomic mass is 16.5. The highest BCUT2D eigenvalue weighted by molar-refractivity contribution is 5.91. The zero-order valence-corrected chi connectivity index (χ0v) is 18.6. The minimum Gasteiger partial charge on any atom is -0.455 e. The maximum absolute atomic E-state index is 12.9.